The third kappa shape index (κ3) is 0.144. The van der Waals surface area contributed by atoms with Crippen LogP contribution in [0, 0.1) is 5.92 Å². The van der Waals surface area contributed by atoms with E-state index in [9.17, 15) is 0 Å². The summed E-state index contributed by atoms with van der Waals surface area (Å²) in [6.07, 6.45) is 2.29. The molecule has 0 heterocycles. The highest BCUT2D eigenvalue weighted by Gasteiger charge is 2.52. The molecular formula is C5H7N. The topological polar surface area (TPSA) is 12.0 Å². The third-order valence-electron chi connectivity index (χ3n) is 1.57. The lowest BCUT2D eigenvalue weighted by Gasteiger charge is -1.89. The fourth-order valence-electron chi connectivity index (χ4n) is 0.890. The van der Waals surface area contributed by atoms with Crippen molar-refractivity contribution >= 4 is 0 Å². The number of fused-ring (bicyclic) bond motifs is 1. The molecule has 1 heteroatoms. The van der Waals surface area contributed by atoms with Gasteiger partial charge in [-0.3, -0.25) is 0 Å². The molecule has 6 heavy (non-hydrogen) atoms. The molecular weight excluding hydrogens is 74.1 g/mol. The average Bonchev–Trinajstić information content (AvgIpc) is 2.12. The summed E-state index contributed by atoms with van der Waals surface area (Å²) in [6, 6.07) is 0.810. The molecule has 1 saturated carbocycles. The van der Waals surface area contributed by atoms with Crippen molar-refractivity contribution in [3.63, 3.8) is 0 Å². The van der Waals surface area contributed by atoms with Crippen LogP contribution in [0.15, 0.2) is 11.6 Å². The van der Waals surface area contributed by atoms with Crippen molar-refractivity contribution in [2.24, 2.45) is 5.92 Å². The summed E-state index contributed by atoms with van der Waals surface area (Å²) in [5, 5.41) is 3.17. The maximum atomic E-state index is 3.17. The van der Waals surface area contributed by atoms with Crippen molar-refractivity contribution in [1.82, 2.24) is 5.32 Å². The van der Waals surface area contributed by atoms with E-state index in [4.69, 9.17) is 0 Å². The van der Waals surface area contributed by atoms with E-state index < -0.39 is 0 Å². The molecule has 1 nitrogen and oxygen atoms in total. The lowest BCUT2D eigenvalue weighted by molar-refractivity contribution is 0.768. The molecule has 0 spiro atoms. The minimum Gasteiger partial charge on any atom is -0.312 e. The van der Waals surface area contributed by atoms with Gasteiger partial charge >= 0.3 is 0 Å². The molecule has 0 radical (unpaired) electrons. The van der Waals surface area contributed by atoms with Gasteiger partial charge in [-0.1, -0.05) is 6.08 Å². The van der Waals surface area contributed by atoms with Gasteiger partial charge in [0, 0.05) is 12.0 Å². The minimum absolute atomic E-state index is 0.810. The van der Waals surface area contributed by atoms with Crippen molar-refractivity contribution in [1.29, 1.82) is 0 Å². The monoisotopic (exact) mass is 81.1 g/mol. The Bertz CT molecular complexity index is 115. The smallest absolute Gasteiger partial charge is 0.0385 e. The van der Waals surface area contributed by atoms with Crippen LogP contribution in [0.3, 0.4) is 0 Å². The van der Waals surface area contributed by atoms with Crippen molar-refractivity contribution in [3.05, 3.63) is 11.6 Å². The summed E-state index contributed by atoms with van der Waals surface area (Å²) in [6.45, 7) is 0. The van der Waals surface area contributed by atoms with Crippen molar-refractivity contribution < 1.29 is 0 Å². The molecule has 2 aliphatic rings. The van der Waals surface area contributed by atoms with Gasteiger partial charge in [-0.15, -0.1) is 0 Å². The van der Waals surface area contributed by atoms with Gasteiger partial charge in [-0.2, -0.15) is 0 Å². The Morgan fingerprint density at radius 1 is 1.83 bits per heavy atom. The van der Waals surface area contributed by atoms with Crippen LogP contribution in [0.25, 0.3) is 0 Å². The van der Waals surface area contributed by atoms with Gasteiger partial charge in [0.1, 0.15) is 0 Å². The van der Waals surface area contributed by atoms with E-state index >= 15 is 0 Å². The Labute approximate surface area is 37.0 Å². The number of nitrogens with one attached hydrogen (secondary N) is 1. The van der Waals surface area contributed by atoms with Crippen LogP contribution in [0.4, 0.5) is 0 Å². The molecule has 0 bridgehead atoms. The molecule has 0 aromatic heterocycles. The summed E-state index contributed by atoms with van der Waals surface area (Å²) in [5.41, 5.74) is 1.64. The first-order chi connectivity index (χ1) is 2.93. The minimum atomic E-state index is 0.810. The second kappa shape index (κ2) is 0.562. The Hall–Kier alpha value is -0.300. The van der Waals surface area contributed by atoms with Crippen molar-refractivity contribution in [2.75, 3.05) is 7.05 Å². The first-order valence-corrected chi connectivity index (χ1v) is 2.32. The Balaban J connectivity index is 2.06. The van der Waals surface area contributed by atoms with Gasteiger partial charge in [-0.25, -0.2) is 0 Å². The van der Waals surface area contributed by atoms with Crippen LogP contribution >= 0.6 is 0 Å². The van der Waals surface area contributed by atoms with E-state index in [1.807, 2.05) is 7.05 Å². The molecule has 0 aromatic rings. The van der Waals surface area contributed by atoms with Gasteiger partial charge in [0.25, 0.3) is 0 Å². The van der Waals surface area contributed by atoms with Gasteiger partial charge in [0.15, 0.2) is 0 Å². The van der Waals surface area contributed by atoms with Gasteiger partial charge in [0.2, 0.25) is 0 Å². The molecule has 0 amide bonds. The first-order valence-electron chi connectivity index (χ1n) is 2.32. The van der Waals surface area contributed by atoms with E-state index in [2.05, 4.69) is 11.4 Å². The van der Waals surface area contributed by atoms with E-state index in [1.165, 1.54) is 0 Å². The summed E-state index contributed by atoms with van der Waals surface area (Å²) < 4.78 is 0. The second-order valence-corrected chi connectivity index (χ2v) is 1.96. The van der Waals surface area contributed by atoms with Crippen molar-refractivity contribution in [2.45, 2.75) is 6.04 Å². The zero-order chi connectivity index (χ0) is 4.15. The van der Waals surface area contributed by atoms with Crippen LogP contribution in [0.5, 0.6) is 0 Å². The summed E-state index contributed by atoms with van der Waals surface area (Å²) in [4.78, 5) is 0. The quantitative estimate of drug-likeness (QED) is 0.443. The Kier molecular flexibility index (Phi) is 0.263. The zero-order valence-corrected chi connectivity index (χ0v) is 3.73. The number of rotatable bonds is 1. The standard InChI is InChI=1S/C5H7N/c1-6-5-3-2-4(3)5/h2-3,5-6H,1H3. The number of hydrogen-bond acceptors (Lipinski definition) is 1. The summed E-state index contributed by atoms with van der Waals surface area (Å²) in [5.74, 6) is 0.912. The second-order valence-electron chi connectivity index (χ2n) is 1.96. The van der Waals surface area contributed by atoms with Crippen LogP contribution < -0.4 is 5.32 Å². The van der Waals surface area contributed by atoms with Gasteiger partial charge < -0.3 is 5.32 Å². The van der Waals surface area contributed by atoms with Crippen molar-refractivity contribution in [3.8, 4) is 0 Å². The Morgan fingerprint density at radius 3 is 2.50 bits per heavy atom. The molecule has 2 rings (SSSR count). The van der Waals surface area contributed by atoms with Crippen LogP contribution in [0.1, 0.15) is 0 Å². The zero-order valence-electron chi connectivity index (χ0n) is 3.73. The molecule has 1 fully saturated rings. The largest absolute Gasteiger partial charge is 0.312 e. The fraction of sp³-hybridized carbons (Fsp3) is 0.600. The molecule has 0 aliphatic heterocycles. The predicted octanol–water partition coefficient (Wildman–Crippen LogP) is 0.144. The molecule has 1 N–H and O–H groups in total. The highest BCUT2D eigenvalue weighted by atomic mass is 15.0. The molecule has 2 aliphatic carbocycles. The normalized spacial score (nSPS) is 47.2. The van der Waals surface area contributed by atoms with E-state index in [0.717, 1.165) is 12.0 Å². The van der Waals surface area contributed by atoms with Crippen LogP contribution in [-0.4, -0.2) is 13.1 Å². The molecule has 2 atom stereocenters. The van der Waals surface area contributed by atoms with E-state index in [-0.39, 0.29) is 0 Å². The molecule has 0 aromatic carbocycles. The first kappa shape index (κ1) is 2.80. The maximum absolute atomic E-state index is 3.17. The maximum Gasteiger partial charge on any atom is 0.0385 e. The lowest BCUT2D eigenvalue weighted by atomic mass is 10.4. The van der Waals surface area contributed by atoms with Gasteiger partial charge in [0.05, 0.1) is 0 Å². The van der Waals surface area contributed by atoms with Crippen LogP contribution in [-0.2, 0) is 0 Å². The lowest BCUT2D eigenvalue weighted by Crippen LogP contribution is -2.12. The number of hydrogen-bond donors (Lipinski definition) is 1. The molecule has 32 valence electrons. The van der Waals surface area contributed by atoms with E-state index in [0.29, 0.717) is 0 Å². The molecule has 2 unspecified atom stereocenters. The third-order valence-corrected chi connectivity index (χ3v) is 1.57. The van der Waals surface area contributed by atoms with E-state index in [1.54, 1.807) is 5.57 Å². The predicted molar refractivity (Wildman–Crippen MR) is 24.4 cm³/mol. The summed E-state index contributed by atoms with van der Waals surface area (Å²) in [7, 11) is 2.01. The highest BCUT2D eigenvalue weighted by Crippen LogP contribution is 2.53. The fourth-order valence-corrected chi connectivity index (χ4v) is 0.890. The summed E-state index contributed by atoms with van der Waals surface area (Å²) >= 11 is 0. The highest BCUT2D eigenvalue weighted by molar-refractivity contribution is 5.55. The van der Waals surface area contributed by atoms with Crippen LogP contribution in [0.2, 0.25) is 0 Å². The number of likely N-dealkylation sites (N-methyl/N-ethyl adjacent to an activating group) is 1. The van der Waals surface area contributed by atoms with Gasteiger partial charge in [-0.05, 0) is 12.6 Å². The average molecular weight is 81.1 g/mol. The molecule has 0 saturated heterocycles. The Morgan fingerprint density at radius 2 is 2.50 bits per heavy atom. The SMILES string of the molecule is CNC1C2=CC21.